The largest absolute Gasteiger partial charge is 0.457 e. The van der Waals surface area contributed by atoms with Crippen molar-refractivity contribution < 1.29 is 4.74 Å². The number of alkyl halides is 1. The summed E-state index contributed by atoms with van der Waals surface area (Å²) < 4.78 is 9.10. The number of para-hydroxylation sites is 1. The second-order valence-electron chi connectivity index (χ2n) is 7.90. The van der Waals surface area contributed by atoms with Crippen LogP contribution in [0.5, 0.6) is 11.5 Å². The molecule has 0 aliphatic carbocycles. The molecule has 164 valence electrons. The van der Waals surface area contributed by atoms with Crippen LogP contribution in [0, 0.1) is 0 Å². The Morgan fingerprint density at radius 1 is 1.06 bits per heavy atom. The second kappa shape index (κ2) is 9.41. The van der Waals surface area contributed by atoms with Crippen LogP contribution >= 0.6 is 22.6 Å². The molecule has 0 bridgehead atoms. The van der Waals surface area contributed by atoms with Crippen LogP contribution in [0.15, 0.2) is 60.9 Å². The van der Waals surface area contributed by atoms with Crippen LogP contribution in [0.2, 0.25) is 0 Å². The smallest absolute Gasteiger partial charge is 0.164 e. The first-order valence-electron chi connectivity index (χ1n) is 10.8. The average Bonchev–Trinajstić information content (AvgIpc) is 3.25. The number of rotatable bonds is 6. The summed E-state index contributed by atoms with van der Waals surface area (Å²) in [5.41, 5.74) is 2.79. The summed E-state index contributed by atoms with van der Waals surface area (Å²) in [7, 11) is 1.89. The highest BCUT2D eigenvalue weighted by Crippen LogP contribution is 2.35. The lowest BCUT2D eigenvalue weighted by molar-refractivity contribution is 0.202. The zero-order valence-electron chi connectivity index (χ0n) is 17.9. The van der Waals surface area contributed by atoms with Gasteiger partial charge in [0.25, 0.3) is 0 Å². The molecular weight excluding hydrogens is 515 g/mol. The highest BCUT2D eigenvalue weighted by molar-refractivity contribution is 14.1. The lowest BCUT2D eigenvalue weighted by atomic mass is 10.1. The number of anilines is 1. The van der Waals surface area contributed by atoms with Gasteiger partial charge in [-0.15, -0.1) is 0 Å². The van der Waals surface area contributed by atoms with Crippen molar-refractivity contribution in [3.05, 3.63) is 60.9 Å². The molecule has 1 aliphatic heterocycles. The third-order valence-electron chi connectivity index (χ3n) is 5.83. The minimum absolute atomic E-state index is 0.301. The predicted octanol–water partition coefficient (Wildman–Crippen LogP) is 5.36. The Bertz CT molecular complexity index is 1190. The highest BCUT2D eigenvalue weighted by atomic mass is 127. The molecule has 7 nitrogen and oxygen atoms in total. The summed E-state index contributed by atoms with van der Waals surface area (Å²) in [6, 6.07) is 18.2. The van der Waals surface area contributed by atoms with Crippen LogP contribution in [0.1, 0.15) is 18.9 Å². The summed E-state index contributed by atoms with van der Waals surface area (Å²) in [4.78, 5) is 11.6. The number of nitrogens with one attached hydrogen (secondary N) is 1. The highest BCUT2D eigenvalue weighted by Gasteiger charge is 2.26. The van der Waals surface area contributed by atoms with E-state index in [-0.39, 0.29) is 0 Å². The van der Waals surface area contributed by atoms with Gasteiger partial charge in [0.15, 0.2) is 5.65 Å². The summed E-state index contributed by atoms with van der Waals surface area (Å²) in [6.07, 6.45) is 3.89. The first-order valence-corrected chi connectivity index (χ1v) is 12.3. The van der Waals surface area contributed by atoms with E-state index in [1.165, 1.54) is 6.42 Å². The van der Waals surface area contributed by atoms with Gasteiger partial charge in [-0.1, -0.05) is 40.8 Å². The quantitative estimate of drug-likeness (QED) is 0.202. The molecule has 32 heavy (non-hydrogen) atoms. The Hall–Kier alpha value is -2.72. The molecule has 1 N–H and O–H groups in total. The molecule has 5 rings (SSSR count). The van der Waals surface area contributed by atoms with E-state index in [2.05, 4.69) is 59.6 Å². The van der Waals surface area contributed by atoms with Crippen molar-refractivity contribution in [1.82, 2.24) is 24.6 Å². The van der Waals surface area contributed by atoms with Crippen molar-refractivity contribution in [2.45, 2.75) is 18.9 Å². The third kappa shape index (κ3) is 4.16. The van der Waals surface area contributed by atoms with Crippen molar-refractivity contribution >= 4 is 39.4 Å². The average molecular weight is 540 g/mol. The minimum Gasteiger partial charge on any atom is -0.457 e. The topological polar surface area (TPSA) is 68.1 Å². The molecule has 3 heterocycles. The van der Waals surface area contributed by atoms with Gasteiger partial charge in [0.2, 0.25) is 0 Å². The number of piperidine rings is 1. The van der Waals surface area contributed by atoms with E-state index >= 15 is 0 Å². The van der Waals surface area contributed by atoms with E-state index in [1.54, 1.807) is 6.33 Å². The number of ether oxygens (including phenoxy) is 1. The van der Waals surface area contributed by atoms with Gasteiger partial charge in [-0.3, -0.25) is 4.90 Å². The first kappa shape index (κ1) is 21.1. The van der Waals surface area contributed by atoms with Gasteiger partial charge in [-0.2, -0.15) is 5.10 Å². The molecule has 4 aromatic rings. The van der Waals surface area contributed by atoms with Crippen molar-refractivity contribution in [2.24, 2.45) is 0 Å². The molecule has 0 spiro atoms. The summed E-state index contributed by atoms with van der Waals surface area (Å²) >= 11 is 2.44. The Kier molecular flexibility index (Phi) is 6.22. The van der Waals surface area contributed by atoms with E-state index in [4.69, 9.17) is 9.84 Å². The number of hydrogen-bond donors (Lipinski definition) is 1. The maximum atomic E-state index is 5.96. The first-order chi connectivity index (χ1) is 15.8. The van der Waals surface area contributed by atoms with Crippen LogP contribution in [0.4, 0.5) is 5.82 Å². The summed E-state index contributed by atoms with van der Waals surface area (Å²) in [6.45, 7) is 2.13. The molecule has 0 unspecified atom stereocenters. The van der Waals surface area contributed by atoms with Gasteiger partial charge < -0.3 is 10.1 Å². The standard InChI is InChI=1S/C24H25IN6O/c1-26-23-21-22(17-9-11-20(12-10-17)32-19-7-3-2-4-8-19)29-31(24(21)28-16-27-23)18-6-5-13-30(14-18)15-25/h2-4,7-12,16,18H,5-6,13-15H2,1H3,(H,26,27,28)/t18-/m1/s1. The Morgan fingerprint density at radius 3 is 2.59 bits per heavy atom. The van der Waals surface area contributed by atoms with Crippen molar-refractivity contribution in [3.8, 4) is 22.8 Å². The fourth-order valence-electron chi connectivity index (χ4n) is 4.26. The fourth-order valence-corrected chi connectivity index (χ4v) is 4.88. The van der Waals surface area contributed by atoms with Crippen LogP contribution in [0.25, 0.3) is 22.3 Å². The summed E-state index contributed by atoms with van der Waals surface area (Å²) in [5.74, 6) is 2.40. The van der Waals surface area contributed by atoms with Gasteiger partial charge in [-0.05, 0) is 55.8 Å². The summed E-state index contributed by atoms with van der Waals surface area (Å²) in [5, 5.41) is 9.25. The van der Waals surface area contributed by atoms with E-state index in [0.717, 1.165) is 63.7 Å². The number of fused-ring (bicyclic) bond motifs is 1. The zero-order valence-corrected chi connectivity index (χ0v) is 20.1. The Balaban J connectivity index is 1.53. The minimum atomic E-state index is 0.301. The van der Waals surface area contributed by atoms with Gasteiger partial charge in [0.05, 0.1) is 16.0 Å². The number of nitrogens with zero attached hydrogens (tertiary/aromatic N) is 5. The van der Waals surface area contributed by atoms with Gasteiger partial charge in [-0.25, -0.2) is 14.6 Å². The monoisotopic (exact) mass is 540 g/mol. The SMILES string of the molecule is CNc1ncnc2c1c(-c1ccc(Oc3ccccc3)cc1)nn2[C@@H]1CCCN(CI)C1. The lowest BCUT2D eigenvalue weighted by Crippen LogP contribution is -2.36. The number of likely N-dealkylation sites (tertiary alicyclic amines) is 1. The molecule has 1 fully saturated rings. The molecule has 2 aromatic carbocycles. The van der Waals surface area contributed by atoms with Gasteiger partial charge in [0, 0.05) is 19.2 Å². The molecule has 1 saturated heterocycles. The zero-order chi connectivity index (χ0) is 21.9. The van der Waals surface area contributed by atoms with Crippen LogP contribution in [-0.4, -0.2) is 49.3 Å². The Morgan fingerprint density at radius 2 is 1.84 bits per heavy atom. The van der Waals surface area contributed by atoms with E-state index in [9.17, 15) is 0 Å². The normalized spacial score (nSPS) is 16.9. The van der Waals surface area contributed by atoms with Crippen LogP contribution in [-0.2, 0) is 0 Å². The molecule has 1 atom stereocenters. The Labute approximate surface area is 201 Å². The van der Waals surface area contributed by atoms with Crippen LogP contribution < -0.4 is 10.1 Å². The maximum Gasteiger partial charge on any atom is 0.164 e. The molecular formula is C24H25IN6O. The number of benzene rings is 2. The molecule has 0 radical (unpaired) electrons. The number of aromatic nitrogens is 4. The molecule has 2 aromatic heterocycles. The van der Waals surface area contributed by atoms with Crippen molar-refractivity contribution in [1.29, 1.82) is 0 Å². The van der Waals surface area contributed by atoms with Crippen LogP contribution in [0.3, 0.4) is 0 Å². The fraction of sp³-hybridized carbons (Fsp3) is 0.292. The molecule has 1 aliphatic rings. The van der Waals surface area contributed by atoms with E-state index < -0.39 is 0 Å². The number of hydrogen-bond acceptors (Lipinski definition) is 6. The third-order valence-corrected chi connectivity index (χ3v) is 6.79. The number of halogens is 1. The van der Waals surface area contributed by atoms with E-state index in [0.29, 0.717) is 6.04 Å². The lowest BCUT2D eigenvalue weighted by Gasteiger charge is -2.31. The predicted molar refractivity (Wildman–Crippen MR) is 136 cm³/mol. The van der Waals surface area contributed by atoms with Gasteiger partial charge in [0.1, 0.15) is 29.3 Å². The molecule has 8 heteroatoms. The maximum absolute atomic E-state index is 5.96. The molecule has 0 amide bonds. The van der Waals surface area contributed by atoms with Gasteiger partial charge >= 0.3 is 0 Å². The van der Waals surface area contributed by atoms with Crippen molar-refractivity contribution in [2.75, 3.05) is 30.0 Å². The van der Waals surface area contributed by atoms with E-state index in [1.807, 2.05) is 49.5 Å². The second-order valence-corrected chi connectivity index (χ2v) is 8.58. The van der Waals surface area contributed by atoms with Crippen molar-refractivity contribution in [3.63, 3.8) is 0 Å². The molecule has 0 saturated carbocycles.